The Bertz CT molecular complexity index is 1220. The van der Waals surface area contributed by atoms with Gasteiger partial charge < -0.3 is 10.4 Å². The molecular formula is C21H21F3N6O2. The second-order valence-electron chi connectivity index (χ2n) is 7.85. The predicted molar refractivity (Wildman–Crippen MR) is 110 cm³/mol. The topological polar surface area (TPSA) is 104 Å². The Labute approximate surface area is 181 Å². The second kappa shape index (κ2) is 7.61. The molecule has 0 spiro atoms. The van der Waals surface area contributed by atoms with Gasteiger partial charge in [0, 0.05) is 37.1 Å². The molecule has 2 N–H and O–H groups in total. The number of hydrogen-bond acceptors (Lipinski definition) is 5. The fraction of sp³-hybridized carbons (Fsp3) is 0.286. The molecule has 1 aliphatic rings. The number of aryl methyl sites for hydroxylation is 2. The van der Waals surface area contributed by atoms with Gasteiger partial charge >= 0.3 is 6.18 Å². The SMILES string of the molecule is Cc1cc(-c2c(-c3ccccc3)nc(=N)n3c2N[N+]([O-])(CCC(F)(F)F)C3)cc(C)[n+]1[O-]. The zero-order chi connectivity index (χ0) is 23.3. The summed E-state index contributed by atoms with van der Waals surface area (Å²) >= 11 is 0. The third-order valence-electron chi connectivity index (χ3n) is 5.36. The van der Waals surface area contributed by atoms with Crippen LogP contribution in [0.3, 0.4) is 0 Å². The molecule has 2 aromatic heterocycles. The van der Waals surface area contributed by atoms with Crippen LogP contribution in [-0.2, 0) is 6.67 Å². The largest absolute Gasteiger partial charge is 0.618 e. The molecule has 1 aromatic carbocycles. The van der Waals surface area contributed by atoms with Crippen molar-refractivity contribution >= 4 is 5.82 Å². The van der Waals surface area contributed by atoms with Gasteiger partial charge in [0.2, 0.25) is 5.62 Å². The first-order valence-corrected chi connectivity index (χ1v) is 9.86. The normalized spacial score (nSPS) is 17.8. The van der Waals surface area contributed by atoms with Gasteiger partial charge in [0.05, 0.1) is 17.7 Å². The summed E-state index contributed by atoms with van der Waals surface area (Å²) < 4.78 is 39.0. The van der Waals surface area contributed by atoms with Crippen molar-refractivity contribution in [2.75, 3.05) is 12.0 Å². The molecule has 0 saturated carbocycles. The molecule has 11 heteroatoms. The highest BCUT2D eigenvalue weighted by Crippen LogP contribution is 2.39. The fourth-order valence-electron chi connectivity index (χ4n) is 3.83. The number of quaternary nitrogens is 1. The molecule has 0 bridgehead atoms. The van der Waals surface area contributed by atoms with E-state index in [9.17, 15) is 23.6 Å². The fourth-order valence-corrected chi connectivity index (χ4v) is 3.83. The maximum atomic E-state index is 13.1. The van der Waals surface area contributed by atoms with E-state index < -0.39 is 30.6 Å². The van der Waals surface area contributed by atoms with Gasteiger partial charge in [-0.1, -0.05) is 30.3 Å². The molecule has 4 rings (SSSR count). The summed E-state index contributed by atoms with van der Waals surface area (Å²) in [6.45, 7) is 2.09. The van der Waals surface area contributed by atoms with Crippen molar-refractivity contribution in [2.45, 2.75) is 33.1 Å². The number of rotatable bonds is 4. The number of halogens is 3. The summed E-state index contributed by atoms with van der Waals surface area (Å²) in [6.07, 6.45) is -5.74. The monoisotopic (exact) mass is 446 g/mol. The van der Waals surface area contributed by atoms with E-state index in [0.717, 1.165) is 4.73 Å². The molecular weight excluding hydrogens is 425 g/mol. The van der Waals surface area contributed by atoms with Gasteiger partial charge in [0.25, 0.3) is 0 Å². The number of hydroxylamine groups is 2. The van der Waals surface area contributed by atoms with Gasteiger partial charge in [-0.25, -0.2) is 19.7 Å². The van der Waals surface area contributed by atoms with Crippen molar-refractivity contribution in [3.8, 4) is 22.4 Å². The lowest BCUT2D eigenvalue weighted by Crippen LogP contribution is -2.45. The number of anilines is 1. The molecule has 3 heterocycles. The standard InChI is InChI=1S/C21H21F3N6O2/c1-13-10-16(11-14(2)29(13)31)17-18(15-6-4-3-5-7-15)26-20(25)28-12-30(32,27-19(17)28)9-8-21(22,23)24/h3-7,10-11,25,27H,8-9,12H2,1-2H3. The highest BCUT2D eigenvalue weighted by atomic mass is 19.4. The highest BCUT2D eigenvalue weighted by Gasteiger charge is 2.37. The average molecular weight is 446 g/mol. The maximum Gasteiger partial charge on any atom is 0.394 e. The van der Waals surface area contributed by atoms with E-state index in [-0.39, 0.29) is 11.4 Å². The summed E-state index contributed by atoms with van der Waals surface area (Å²) in [5.74, 6) is 0.198. The van der Waals surface area contributed by atoms with Crippen LogP contribution in [0.4, 0.5) is 19.0 Å². The van der Waals surface area contributed by atoms with E-state index in [2.05, 4.69) is 10.4 Å². The van der Waals surface area contributed by atoms with E-state index >= 15 is 0 Å². The van der Waals surface area contributed by atoms with Crippen LogP contribution in [0.1, 0.15) is 17.8 Å². The summed E-state index contributed by atoms with van der Waals surface area (Å²) in [6, 6.07) is 12.2. The van der Waals surface area contributed by atoms with Gasteiger partial charge in [-0.05, 0) is 0 Å². The van der Waals surface area contributed by atoms with Crippen LogP contribution < -0.4 is 15.8 Å². The van der Waals surface area contributed by atoms with Gasteiger partial charge in [-0.2, -0.15) is 17.9 Å². The Morgan fingerprint density at radius 3 is 2.38 bits per heavy atom. The molecule has 8 nitrogen and oxygen atoms in total. The summed E-state index contributed by atoms with van der Waals surface area (Å²) in [7, 11) is 0. The van der Waals surface area contributed by atoms with Crippen molar-refractivity contribution in [2.24, 2.45) is 0 Å². The lowest BCUT2D eigenvalue weighted by Gasteiger charge is -2.36. The van der Waals surface area contributed by atoms with Crippen molar-refractivity contribution in [3.05, 3.63) is 69.9 Å². The Hall–Kier alpha value is -3.44. The van der Waals surface area contributed by atoms with Crippen molar-refractivity contribution in [3.63, 3.8) is 0 Å². The number of aromatic nitrogens is 3. The molecule has 3 aromatic rings. The maximum absolute atomic E-state index is 13.1. The smallest absolute Gasteiger partial charge is 0.394 e. The molecule has 0 radical (unpaired) electrons. The third kappa shape index (κ3) is 4.04. The minimum Gasteiger partial charge on any atom is -0.618 e. The van der Waals surface area contributed by atoms with E-state index in [1.165, 1.54) is 4.57 Å². The number of nitrogens with one attached hydrogen (secondary N) is 2. The van der Waals surface area contributed by atoms with E-state index in [1.54, 1.807) is 50.2 Å². The van der Waals surface area contributed by atoms with Crippen LogP contribution in [0.2, 0.25) is 0 Å². The van der Waals surface area contributed by atoms with Crippen molar-refractivity contribution in [1.82, 2.24) is 9.55 Å². The van der Waals surface area contributed by atoms with Crippen LogP contribution in [-0.4, -0.2) is 27.0 Å². The molecule has 1 atom stereocenters. The van der Waals surface area contributed by atoms with Crippen molar-refractivity contribution in [1.29, 1.82) is 5.41 Å². The van der Waals surface area contributed by atoms with Crippen LogP contribution in [0.5, 0.6) is 0 Å². The first-order chi connectivity index (χ1) is 15.0. The van der Waals surface area contributed by atoms with Crippen LogP contribution >= 0.6 is 0 Å². The molecule has 32 heavy (non-hydrogen) atoms. The number of fused-ring (bicyclic) bond motifs is 1. The number of alkyl halides is 3. The van der Waals surface area contributed by atoms with E-state index in [4.69, 9.17) is 5.41 Å². The zero-order valence-electron chi connectivity index (χ0n) is 17.4. The summed E-state index contributed by atoms with van der Waals surface area (Å²) in [5, 5.41) is 33.6. The molecule has 1 unspecified atom stereocenters. The van der Waals surface area contributed by atoms with E-state index in [1.807, 2.05) is 6.07 Å². The Morgan fingerprint density at radius 1 is 1.16 bits per heavy atom. The molecule has 0 aliphatic carbocycles. The van der Waals surface area contributed by atoms with Crippen LogP contribution in [0.15, 0.2) is 42.5 Å². The van der Waals surface area contributed by atoms with Crippen molar-refractivity contribution < 1.29 is 22.7 Å². The molecule has 1 aliphatic heterocycles. The predicted octanol–water partition coefficient (Wildman–Crippen LogP) is 3.51. The summed E-state index contributed by atoms with van der Waals surface area (Å²) in [4.78, 5) is 4.38. The third-order valence-corrected chi connectivity index (χ3v) is 5.36. The van der Waals surface area contributed by atoms with Crippen LogP contribution in [0.25, 0.3) is 22.4 Å². The first kappa shape index (κ1) is 21.8. The number of pyridine rings is 1. The van der Waals surface area contributed by atoms with Gasteiger partial charge in [0.15, 0.2) is 23.9 Å². The minimum atomic E-state index is -4.48. The van der Waals surface area contributed by atoms with Crippen LogP contribution in [0, 0.1) is 29.7 Å². The van der Waals surface area contributed by atoms with E-state index in [0.29, 0.717) is 33.8 Å². The molecule has 168 valence electrons. The summed E-state index contributed by atoms with van der Waals surface area (Å²) in [5.41, 5.74) is 5.29. The second-order valence-corrected chi connectivity index (χ2v) is 7.85. The number of hydrogen-bond donors (Lipinski definition) is 2. The zero-order valence-corrected chi connectivity index (χ0v) is 17.4. The number of nitrogens with zero attached hydrogens (tertiary/aromatic N) is 4. The lowest BCUT2D eigenvalue weighted by molar-refractivity contribution is -0.875. The average Bonchev–Trinajstić information content (AvgIpc) is 3.09. The first-order valence-electron chi connectivity index (χ1n) is 9.86. The van der Waals surface area contributed by atoms with Gasteiger partial charge in [-0.15, -0.1) is 0 Å². The molecule has 0 amide bonds. The highest BCUT2D eigenvalue weighted by molar-refractivity contribution is 5.88. The lowest BCUT2D eigenvalue weighted by atomic mass is 9.99. The molecule has 0 fully saturated rings. The number of benzene rings is 1. The Kier molecular flexibility index (Phi) is 5.18. The minimum absolute atomic E-state index is 0.198. The Morgan fingerprint density at radius 2 is 1.78 bits per heavy atom. The van der Waals surface area contributed by atoms with Gasteiger partial charge in [-0.3, -0.25) is 5.41 Å². The Balaban J connectivity index is 1.93. The quantitative estimate of drug-likeness (QED) is 0.364. The van der Waals surface area contributed by atoms with Gasteiger partial charge in [0.1, 0.15) is 6.54 Å². The molecule has 0 saturated heterocycles.